The molecular weight excluding hydrogens is 210 g/mol. The summed E-state index contributed by atoms with van der Waals surface area (Å²) in [6.45, 7) is 0.930. The van der Waals surface area contributed by atoms with Gasteiger partial charge in [0.1, 0.15) is 0 Å². The highest BCUT2D eigenvalue weighted by molar-refractivity contribution is 5.81. The molecule has 1 heterocycles. The summed E-state index contributed by atoms with van der Waals surface area (Å²) in [6, 6.07) is 1.19. The Hall–Kier alpha value is -1.40. The SMILES string of the molecule is COCCCC(N)C(=O)NCc1ccno1. The molecule has 1 aromatic heterocycles. The van der Waals surface area contributed by atoms with Crippen molar-refractivity contribution in [3.63, 3.8) is 0 Å². The van der Waals surface area contributed by atoms with E-state index in [1.54, 1.807) is 13.2 Å². The van der Waals surface area contributed by atoms with Gasteiger partial charge in [0.25, 0.3) is 0 Å². The molecule has 16 heavy (non-hydrogen) atoms. The molecule has 1 aromatic rings. The topological polar surface area (TPSA) is 90.4 Å². The summed E-state index contributed by atoms with van der Waals surface area (Å²) in [5, 5.41) is 6.20. The number of nitrogens with two attached hydrogens (primary N) is 1. The van der Waals surface area contributed by atoms with Gasteiger partial charge >= 0.3 is 0 Å². The minimum Gasteiger partial charge on any atom is -0.385 e. The smallest absolute Gasteiger partial charge is 0.237 e. The number of hydrogen-bond donors (Lipinski definition) is 2. The van der Waals surface area contributed by atoms with Crippen LogP contribution in [0.25, 0.3) is 0 Å². The predicted octanol–water partition coefficient (Wildman–Crippen LogP) is 0.0447. The Bertz CT molecular complexity index is 300. The Labute approximate surface area is 94.1 Å². The maximum atomic E-state index is 11.5. The third-order valence-electron chi connectivity index (χ3n) is 2.13. The Morgan fingerprint density at radius 1 is 1.75 bits per heavy atom. The lowest BCUT2D eigenvalue weighted by molar-refractivity contribution is -0.122. The van der Waals surface area contributed by atoms with Crippen LogP contribution in [-0.4, -0.2) is 30.8 Å². The molecule has 1 rings (SSSR count). The van der Waals surface area contributed by atoms with Gasteiger partial charge in [-0.2, -0.15) is 0 Å². The highest BCUT2D eigenvalue weighted by atomic mass is 16.5. The van der Waals surface area contributed by atoms with Gasteiger partial charge in [-0.15, -0.1) is 0 Å². The number of carbonyl (C=O) groups excluding carboxylic acids is 1. The van der Waals surface area contributed by atoms with Crippen LogP contribution in [0.5, 0.6) is 0 Å². The van der Waals surface area contributed by atoms with Crippen LogP contribution in [0.2, 0.25) is 0 Å². The first kappa shape index (κ1) is 12.7. The van der Waals surface area contributed by atoms with Crippen LogP contribution in [0.4, 0.5) is 0 Å². The lowest BCUT2D eigenvalue weighted by atomic mass is 10.1. The zero-order chi connectivity index (χ0) is 11.8. The monoisotopic (exact) mass is 227 g/mol. The molecule has 1 atom stereocenters. The van der Waals surface area contributed by atoms with Crippen molar-refractivity contribution in [1.29, 1.82) is 0 Å². The molecule has 90 valence electrons. The van der Waals surface area contributed by atoms with Gasteiger partial charge in [-0.25, -0.2) is 0 Å². The first-order valence-corrected chi connectivity index (χ1v) is 5.16. The molecule has 1 amide bonds. The molecule has 1 unspecified atom stereocenters. The van der Waals surface area contributed by atoms with Crippen molar-refractivity contribution in [1.82, 2.24) is 10.5 Å². The molecule has 6 nitrogen and oxygen atoms in total. The number of rotatable bonds is 7. The molecule has 3 N–H and O–H groups in total. The number of methoxy groups -OCH3 is 1. The Balaban J connectivity index is 2.18. The van der Waals surface area contributed by atoms with Crippen LogP contribution in [0, 0.1) is 0 Å². The van der Waals surface area contributed by atoms with Gasteiger partial charge in [0.05, 0.1) is 18.8 Å². The molecule has 0 saturated heterocycles. The first-order chi connectivity index (χ1) is 7.74. The summed E-state index contributed by atoms with van der Waals surface area (Å²) in [5.41, 5.74) is 5.68. The van der Waals surface area contributed by atoms with E-state index in [-0.39, 0.29) is 5.91 Å². The number of carbonyl (C=O) groups is 1. The highest BCUT2D eigenvalue weighted by Crippen LogP contribution is 1.98. The van der Waals surface area contributed by atoms with Gasteiger partial charge in [-0.1, -0.05) is 5.16 Å². The van der Waals surface area contributed by atoms with Gasteiger partial charge < -0.3 is 20.3 Å². The fraction of sp³-hybridized carbons (Fsp3) is 0.600. The van der Waals surface area contributed by atoms with E-state index in [2.05, 4.69) is 10.5 Å². The fourth-order valence-electron chi connectivity index (χ4n) is 1.22. The predicted molar refractivity (Wildman–Crippen MR) is 57.4 cm³/mol. The van der Waals surface area contributed by atoms with Crippen molar-refractivity contribution in [2.24, 2.45) is 5.73 Å². The summed E-state index contributed by atoms with van der Waals surface area (Å²) < 4.78 is 9.72. The van der Waals surface area contributed by atoms with E-state index in [0.717, 1.165) is 6.42 Å². The summed E-state index contributed by atoms with van der Waals surface area (Å²) in [4.78, 5) is 11.5. The average molecular weight is 227 g/mol. The van der Waals surface area contributed by atoms with Gasteiger partial charge in [-0.05, 0) is 12.8 Å². The minimum absolute atomic E-state index is 0.187. The number of hydrogen-bond acceptors (Lipinski definition) is 5. The van der Waals surface area contributed by atoms with Gasteiger partial charge in [-0.3, -0.25) is 4.79 Å². The Kier molecular flexibility index (Phi) is 5.52. The molecule has 0 fully saturated rings. The fourth-order valence-corrected chi connectivity index (χ4v) is 1.22. The molecule has 0 aromatic carbocycles. The zero-order valence-electron chi connectivity index (χ0n) is 9.31. The third-order valence-corrected chi connectivity index (χ3v) is 2.13. The van der Waals surface area contributed by atoms with Gasteiger partial charge in [0.15, 0.2) is 5.76 Å². The second kappa shape index (κ2) is 6.97. The van der Waals surface area contributed by atoms with E-state index in [1.165, 1.54) is 6.20 Å². The van der Waals surface area contributed by atoms with Crippen LogP contribution in [0.3, 0.4) is 0 Å². The van der Waals surface area contributed by atoms with Crippen LogP contribution >= 0.6 is 0 Å². The van der Waals surface area contributed by atoms with Gasteiger partial charge in [0, 0.05) is 19.8 Å². The molecule has 0 radical (unpaired) electrons. The summed E-state index contributed by atoms with van der Waals surface area (Å²) >= 11 is 0. The van der Waals surface area contributed by atoms with E-state index in [4.69, 9.17) is 15.0 Å². The van der Waals surface area contributed by atoms with E-state index in [1.807, 2.05) is 0 Å². The number of aromatic nitrogens is 1. The molecule has 0 aliphatic carbocycles. The second-order valence-corrected chi connectivity index (χ2v) is 3.44. The molecule has 0 saturated carbocycles. The summed E-state index contributed by atoms with van der Waals surface area (Å²) in [5.74, 6) is 0.421. The zero-order valence-corrected chi connectivity index (χ0v) is 9.31. The Morgan fingerprint density at radius 3 is 3.19 bits per heavy atom. The van der Waals surface area contributed by atoms with E-state index in [0.29, 0.717) is 25.3 Å². The number of amides is 1. The lowest BCUT2D eigenvalue weighted by Gasteiger charge is -2.10. The van der Waals surface area contributed by atoms with E-state index < -0.39 is 6.04 Å². The first-order valence-electron chi connectivity index (χ1n) is 5.16. The highest BCUT2D eigenvalue weighted by Gasteiger charge is 2.12. The van der Waals surface area contributed by atoms with E-state index >= 15 is 0 Å². The van der Waals surface area contributed by atoms with Gasteiger partial charge in [0.2, 0.25) is 5.91 Å². The normalized spacial score (nSPS) is 12.4. The maximum Gasteiger partial charge on any atom is 0.237 e. The molecule has 0 bridgehead atoms. The molecular formula is C10H17N3O3. The summed E-state index contributed by atoms with van der Waals surface area (Å²) in [6.07, 6.45) is 2.91. The summed E-state index contributed by atoms with van der Waals surface area (Å²) in [7, 11) is 1.62. The standard InChI is InChI=1S/C10H17N3O3/c1-15-6-2-3-9(11)10(14)12-7-8-4-5-13-16-8/h4-5,9H,2-3,6-7,11H2,1H3,(H,12,14). The van der Waals surface area contributed by atoms with Crippen molar-refractivity contribution in [3.05, 3.63) is 18.0 Å². The lowest BCUT2D eigenvalue weighted by Crippen LogP contribution is -2.40. The minimum atomic E-state index is -0.502. The maximum absolute atomic E-state index is 11.5. The van der Waals surface area contributed by atoms with Crippen LogP contribution in [0.15, 0.2) is 16.8 Å². The van der Waals surface area contributed by atoms with E-state index in [9.17, 15) is 4.79 Å². The second-order valence-electron chi connectivity index (χ2n) is 3.44. The van der Waals surface area contributed by atoms with Crippen LogP contribution < -0.4 is 11.1 Å². The molecule has 6 heteroatoms. The van der Waals surface area contributed by atoms with Crippen molar-refractivity contribution in [2.75, 3.05) is 13.7 Å². The number of ether oxygens (including phenoxy) is 1. The number of nitrogens with zero attached hydrogens (tertiary/aromatic N) is 1. The van der Waals surface area contributed by atoms with Crippen molar-refractivity contribution >= 4 is 5.91 Å². The Morgan fingerprint density at radius 2 is 2.56 bits per heavy atom. The third kappa shape index (κ3) is 4.41. The van der Waals surface area contributed by atoms with Crippen molar-refractivity contribution < 1.29 is 14.1 Å². The van der Waals surface area contributed by atoms with Crippen molar-refractivity contribution in [2.45, 2.75) is 25.4 Å². The van der Waals surface area contributed by atoms with Crippen LogP contribution in [-0.2, 0) is 16.1 Å². The molecule has 0 aliphatic heterocycles. The quantitative estimate of drug-likeness (QED) is 0.642. The molecule has 0 aliphatic rings. The van der Waals surface area contributed by atoms with Crippen LogP contribution in [0.1, 0.15) is 18.6 Å². The van der Waals surface area contributed by atoms with Crippen molar-refractivity contribution in [3.8, 4) is 0 Å². The largest absolute Gasteiger partial charge is 0.385 e. The molecule has 0 spiro atoms. The number of nitrogens with one attached hydrogen (secondary N) is 1. The average Bonchev–Trinajstić information content (AvgIpc) is 2.79.